The molecule has 19 heavy (non-hydrogen) atoms. The van der Waals surface area contributed by atoms with E-state index in [0.717, 1.165) is 30.6 Å². The van der Waals surface area contributed by atoms with Gasteiger partial charge in [0.1, 0.15) is 0 Å². The first-order chi connectivity index (χ1) is 9.10. The molecule has 106 valence electrons. The van der Waals surface area contributed by atoms with Crippen molar-refractivity contribution in [3.8, 4) is 0 Å². The third kappa shape index (κ3) is 4.39. The molecule has 0 spiro atoms. The summed E-state index contributed by atoms with van der Waals surface area (Å²) in [6.07, 6.45) is 2.76. The lowest BCUT2D eigenvalue weighted by molar-refractivity contribution is 0.589. The van der Waals surface area contributed by atoms with Crippen LogP contribution in [0.15, 0.2) is 18.2 Å². The Bertz CT molecular complexity index is 413. The van der Waals surface area contributed by atoms with Crippen LogP contribution in [0.5, 0.6) is 0 Å². The second-order valence-corrected chi connectivity index (χ2v) is 6.21. The lowest BCUT2D eigenvalue weighted by atomic mass is 10.1. The van der Waals surface area contributed by atoms with E-state index in [9.17, 15) is 0 Å². The summed E-state index contributed by atoms with van der Waals surface area (Å²) in [5.41, 5.74) is 2.44. The van der Waals surface area contributed by atoms with Crippen molar-refractivity contribution in [3.63, 3.8) is 0 Å². The van der Waals surface area contributed by atoms with E-state index < -0.39 is 0 Å². The lowest BCUT2D eigenvalue weighted by Gasteiger charge is -2.24. The average molecular weight is 281 g/mol. The molecule has 0 unspecified atom stereocenters. The highest BCUT2D eigenvalue weighted by atomic mass is 35.5. The molecular formula is C16H25ClN2. The number of nitrogens with one attached hydrogen (secondary N) is 1. The van der Waals surface area contributed by atoms with E-state index in [2.05, 4.69) is 49.2 Å². The zero-order valence-electron chi connectivity index (χ0n) is 12.2. The van der Waals surface area contributed by atoms with E-state index in [-0.39, 0.29) is 0 Å². The largest absolute Gasteiger partial charge is 0.370 e. The van der Waals surface area contributed by atoms with E-state index in [0.29, 0.717) is 6.04 Å². The van der Waals surface area contributed by atoms with Gasteiger partial charge in [0.15, 0.2) is 0 Å². The molecule has 1 fully saturated rings. The molecule has 1 aromatic carbocycles. The standard InChI is InChI=1S/C16H25ClN2/c1-4-19(11-13-5-6-13)16-8-7-14(9-15(16)17)10-18-12(2)3/h7-9,12-13,18H,4-6,10-11H2,1-3H3. The Kier molecular flexibility index (Phi) is 5.12. The maximum absolute atomic E-state index is 6.45. The molecule has 0 amide bonds. The molecule has 0 saturated heterocycles. The summed E-state index contributed by atoms with van der Waals surface area (Å²) < 4.78 is 0. The molecule has 2 nitrogen and oxygen atoms in total. The number of hydrogen-bond donors (Lipinski definition) is 1. The van der Waals surface area contributed by atoms with Crippen LogP contribution in [-0.2, 0) is 6.54 Å². The smallest absolute Gasteiger partial charge is 0.0642 e. The van der Waals surface area contributed by atoms with Crippen LogP contribution >= 0.6 is 11.6 Å². The van der Waals surface area contributed by atoms with Gasteiger partial charge in [-0.2, -0.15) is 0 Å². The Labute approximate surface area is 122 Å². The van der Waals surface area contributed by atoms with Crippen LogP contribution < -0.4 is 10.2 Å². The van der Waals surface area contributed by atoms with Crippen LogP contribution in [0.4, 0.5) is 5.69 Å². The van der Waals surface area contributed by atoms with Crippen molar-refractivity contribution in [1.82, 2.24) is 5.32 Å². The Hall–Kier alpha value is -0.730. The predicted molar refractivity (Wildman–Crippen MR) is 84.0 cm³/mol. The molecule has 0 atom stereocenters. The Morgan fingerprint density at radius 1 is 1.37 bits per heavy atom. The van der Waals surface area contributed by atoms with Gasteiger partial charge >= 0.3 is 0 Å². The van der Waals surface area contributed by atoms with E-state index in [1.807, 2.05) is 0 Å². The number of hydrogen-bond acceptors (Lipinski definition) is 2. The van der Waals surface area contributed by atoms with E-state index in [4.69, 9.17) is 11.6 Å². The van der Waals surface area contributed by atoms with E-state index >= 15 is 0 Å². The molecule has 1 aromatic rings. The predicted octanol–water partition coefficient (Wildman–Crippen LogP) is 4.07. The van der Waals surface area contributed by atoms with Gasteiger partial charge in [0.25, 0.3) is 0 Å². The highest BCUT2D eigenvalue weighted by Crippen LogP contribution is 2.34. The fourth-order valence-electron chi connectivity index (χ4n) is 2.25. The summed E-state index contributed by atoms with van der Waals surface area (Å²) in [6.45, 7) is 9.58. The average Bonchev–Trinajstić information content (AvgIpc) is 3.18. The minimum Gasteiger partial charge on any atom is -0.370 e. The van der Waals surface area contributed by atoms with Crippen LogP contribution in [0, 0.1) is 5.92 Å². The van der Waals surface area contributed by atoms with Crippen molar-refractivity contribution in [2.45, 2.75) is 46.2 Å². The zero-order valence-corrected chi connectivity index (χ0v) is 13.0. The summed E-state index contributed by atoms with van der Waals surface area (Å²) >= 11 is 6.45. The van der Waals surface area contributed by atoms with Crippen LogP contribution in [0.3, 0.4) is 0 Å². The lowest BCUT2D eigenvalue weighted by Crippen LogP contribution is -2.25. The van der Waals surface area contributed by atoms with Crippen LogP contribution in [0.25, 0.3) is 0 Å². The second-order valence-electron chi connectivity index (χ2n) is 5.80. The summed E-state index contributed by atoms with van der Waals surface area (Å²) in [5, 5.41) is 4.30. The fraction of sp³-hybridized carbons (Fsp3) is 0.625. The number of anilines is 1. The van der Waals surface area contributed by atoms with Crippen LogP contribution in [0.1, 0.15) is 39.2 Å². The maximum atomic E-state index is 6.45. The van der Waals surface area contributed by atoms with Gasteiger partial charge in [-0.3, -0.25) is 0 Å². The second kappa shape index (κ2) is 6.62. The molecule has 0 aromatic heterocycles. The monoisotopic (exact) mass is 280 g/mol. The third-order valence-electron chi connectivity index (χ3n) is 3.62. The first-order valence-electron chi connectivity index (χ1n) is 7.37. The van der Waals surface area contributed by atoms with Crippen molar-refractivity contribution < 1.29 is 0 Å². The van der Waals surface area contributed by atoms with Crippen molar-refractivity contribution in [3.05, 3.63) is 28.8 Å². The van der Waals surface area contributed by atoms with Gasteiger partial charge in [-0.25, -0.2) is 0 Å². The zero-order chi connectivity index (χ0) is 13.8. The topological polar surface area (TPSA) is 15.3 Å². The summed E-state index contributed by atoms with van der Waals surface area (Å²) in [4.78, 5) is 2.40. The highest BCUT2D eigenvalue weighted by molar-refractivity contribution is 6.33. The summed E-state index contributed by atoms with van der Waals surface area (Å²) in [6, 6.07) is 6.96. The van der Waals surface area contributed by atoms with Crippen molar-refractivity contribution >= 4 is 17.3 Å². The molecular weight excluding hydrogens is 256 g/mol. The molecule has 1 saturated carbocycles. The van der Waals surface area contributed by atoms with Crippen LogP contribution in [0.2, 0.25) is 5.02 Å². The number of halogens is 1. The van der Waals surface area contributed by atoms with Crippen molar-refractivity contribution in [2.75, 3.05) is 18.0 Å². The van der Waals surface area contributed by atoms with Crippen molar-refractivity contribution in [1.29, 1.82) is 0 Å². The van der Waals surface area contributed by atoms with Gasteiger partial charge in [0.05, 0.1) is 10.7 Å². The highest BCUT2D eigenvalue weighted by Gasteiger charge is 2.24. The Morgan fingerprint density at radius 2 is 2.11 bits per heavy atom. The fourth-order valence-corrected chi connectivity index (χ4v) is 2.57. The van der Waals surface area contributed by atoms with Gasteiger partial charge < -0.3 is 10.2 Å². The minimum absolute atomic E-state index is 0.500. The van der Waals surface area contributed by atoms with E-state index in [1.165, 1.54) is 24.1 Å². The van der Waals surface area contributed by atoms with Gasteiger partial charge in [-0.05, 0) is 43.4 Å². The summed E-state index contributed by atoms with van der Waals surface area (Å²) in [7, 11) is 0. The molecule has 0 bridgehead atoms. The number of nitrogens with zero attached hydrogens (tertiary/aromatic N) is 1. The maximum Gasteiger partial charge on any atom is 0.0642 e. The van der Waals surface area contributed by atoms with Crippen molar-refractivity contribution in [2.24, 2.45) is 5.92 Å². The number of benzene rings is 1. The van der Waals surface area contributed by atoms with Crippen LogP contribution in [-0.4, -0.2) is 19.1 Å². The van der Waals surface area contributed by atoms with Gasteiger partial charge in [0, 0.05) is 25.7 Å². The first-order valence-corrected chi connectivity index (χ1v) is 7.74. The van der Waals surface area contributed by atoms with Gasteiger partial charge in [-0.1, -0.05) is 31.5 Å². The molecule has 1 N–H and O–H groups in total. The molecule has 1 aliphatic rings. The molecule has 1 aliphatic carbocycles. The third-order valence-corrected chi connectivity index (χ3v) is 3.93. The molecule has 2 rings (SSSR count). The molecule has 0 heterocycles. The van der Waals surface area contributed by atoms with E-state index in [1.54, 1.807) is 0 Å². The van der Waals surface area contributed by atoms with Gasteiger partial charge in [-0.15, -0.1) is 0 Å². The number of rotatable bonds is 7. The van der Waals surface area contributed by atoms with Gasteiger partial charge in [0.2, 0.25) is 0 Å². The molecule has 3 heteroatoms. The quantitative estimate of drug-likeness (QED) is 0.810. The minimum atomic E-state index is 0.500. The Balaban J connectivity index is 2.04. The summed E-state index contributed by atoms with van der Waals surface area (Å²) in [5.74, 6) is 0.887. The SMILES string of the molecule is CCN(CC1CC1)c1ccc(CNC(C)C)cc1Cl. The molecule has 0 aliphatic heterocycles. The Morgan fingerprint density at radius 3 is 2.63 bits per heavy atom. The normalized spacial score (nSPS) is 15.0. The first kappa shape index (κ1) is 14.7. The molecule has 0 radical (unpaired) electrons.